The lowest BCUT2D eigenvalue weighted by molar-refractivity contribution is 0.597. The zero-order valence-corrected chi connectivity index (χ0v) is 15.3. The van der Waals surface area contributed by atoms with Gasteiger partial charge in [0.05, 0.1) is 15.7 Å². The van der Waals surface area contributed by atoms with Crippen LogP contribution in [0.1, 0.15) is 0 Å². The molecule has 0 aliphatic rings. The molecule has 0 atom stereocenters. The number of hydrogen-bond donors (Lipinski definition) is 2. The first-order chi connectivity index (χ1) is 12.3. The SMILES string of the molecule is Nc1cccc(S(=O)(=O)Nc2ccc(Cl)c(-c3ccc(F)cc3Cl)n2)n1. The van der Waals surface area contributed by atoms with Gasteiger partial charge in [-0.15, -0.1) is 0 Å². The highest BCUT2D eigenvalue weighted by Gasteiger charge is 2.18. The molecule has 2 heterocycles. The zero-order valence-electron chi connectivity index (χ0n) is 12.9. The van der Waals surface area contributed by atoms with Crippen LogP contribution in [0.5, 0.6) is 0 Å². The van der Waals surface area contributed by atoms with Crippen molar-refractivity contribution in [3.05, 3.63) is 64.4 Å². The van der Waals surface area contributed by atoms with Crippen LogP contribution in [0.15, 0.2) is 53.6 Å². The van der Waals surface area contributed by atoms with Gasteiger partial charge in [-0.2, -0.15) is 8.42 Å². The molecule has 26 heavy (non-hydrogen) atoms. The minimum Gasteiger partial charge on any atom is -0.384 e. The number of nitrogens with one attached hydrogen (secondary N) is 1. The number of nitrogens with two attached hydrogens (primary N) is 1. The molecule has 0 saturated heterocycles. The molecule has 1 aromatic carbocycles. The number of rotatable bonds is 4. The van der Waals surface area contributed by atoms with Crippen molar-refractivity contribution < 1.29 is 12.8 Å². The maximum atomic E-state index is 13.2. The van der Waals surface area contributed by atoms with E-state index < -0.39 is 15.8 Å². The number of pyridine rings is 2. The molecule has 0 radical (unpaired) electrons. The van der Waals surface area contributed by atoms with Gasteiger partial charge in [0.2, 0.25) is 0 Å². The lowest BCUT2D eigenvalue weighted by Crippen LogP contribution is -2.16. The molecule has 0 aliphatic carbocycles. The Labute approximate surface area is 158 Å². The first-order valence-corrected chi connectivity index (χ1v) is 9.37. The molecular weight excluding hydrogens is 402 g/mol. The second kappa shape index (κ2) is 7.06. The molecule has 0 spiro atoms. The molecule has 10 heteroatoms. The van der Waals surface area contributed by atoms with Crippen LogP contribution in [0.25, 0.3) is 11.3 Å². The van der Waals surface area contributed by atoms with Gasteiger partial charge in [0.15, 0.2) is 5.03 Å². The number of sulfonamides is 1. The van der Waals surface area contributed by atoms with Crippen molar-refractivity contribution in [1.29, 1.82) is 0 Å². The van der Waals surface area contributed by atoms with E-state index in [-0.39, 0.29) is 32.4 Å². The second-order valence-electron chi connectivity index (χ2n) is 5.16. The van der Waals surface area contributed by atoms with Gasteiger partial charge in [-0.25, -0.2) is 14.4 Å². The summed E-state index contributed by atoms with van der Waals surface area (Å²) in [4.78, 5) is 7.95. The predicted octanol–water partition coefficient (Wildman–Crippen LogP) is 3.97. The van der Waals surface area contributed by atoms with Crippen LogP contribution in [0, 0.1) is 5.82 Å². The summed E-state index contributed by atoms with van der Waals surface area (Å²) in [5, 5.41) is 0.0658. The van der Waals surface area contributed by atoms with E-state index >= 15 is 0 Å². The van der Waals surface area contributed by atoms with Gasteiger partial charge in [0, 0.05) is 5.56 Å². The first kappa shape index (κ1) is 18.4. The van der Waals surface area contributed by atoms with E-state index in [0.717, 1.165) is 6.07 Å². The first-order valence-electron chi connectivity index (χ1n) is 7.13. The fourth-order valence-electron chi connectivity index (χ4n) is 2.14. The van der Waals surface area contributed by atoms with Crippen LogP contribution in [0.2, 0.25) is 10.0 Å². The van der Waals surface area contributed by atoms with E-state index in [1.807, 2.05) is 0 Å². The highest BCUT2D eigenvalue weighted by molar-refractivity contribution is 7.92. The molecule has 0 amide bonds. The number of benzene rings is 1. The van der Waals surface area contributed by atoms with Gasteiger partial charge >= 0.3 is 0 Å². The number of anilines is 2. The number of nitrogens with zero attached hydrogens (tertiary/aromatic N) is 2. The number of hydrogen-bond acceptors (Lipinski definition) is 5. The lowest BCUT2D eigenvalue weighted by atomic mass is 10.1. The quantitative estimate of drug-likeness (QED) is 0.675. The highest BCUT2D eigenvalue weighted by Crippen LogP contribution is 2.33. The van der Waals surface area contributed by atoms with Crippen molar-refractivity contribution in [2.45, 2.75) is 5.03 Å². The fraction of sp³-hybridized carbons (Fsp3) is 0. The van der Waals surface area contributed by atoms with Gasteiger partial charge in [-0.1, -0.05) is 29.3 Å². The Morgan fingerprint density at radius 3 is 2.46 bits per heavy atom. The number of aromatic nitrogens is 2. The summed E-state index contributed by atoms with van der Waals surface area (Å²) in [5.41, 5.74) is 6.08. The summed E-state index contributed by atoms with van der Waals surface area (Å²) < 4.78 is 40.4. The van der Waals surface area contributed by atoms with Gasteiger partial charge in [0.1, 0.15) is 17.5 Å². The Morgan fingerprint density at radius 1 is 1.00 bits per heavy atom. The van der Waals surface area contributed by atoms with Crippen molar-refractivity contribution in [1.82, 2.24) is 9.97 Å². The Bertz CT molecular complexity index is 1090. The Hall–Kier alpha value is -2.42. The molecule has 0 aliphatic heterocycles. The average molecular weight is 413 g/mol. The van der Waals surface area contributed by atoms with Crippen LogP contribution < -0.4 is 10.5 Å². The molecule has 6 nitrogen and oxygen atoms in total. The van der Waals surface area contributed by atoms with Crippen molar-refractivity contribution in [2.75, 3.05) is 10.5 Å². The minimum absolute atomic E-state index is 0.00554. The third-order valence-corrected chi connectivity index (χ3v) is 5.17. The molecule has 0 saturated carbocycles. The van der Waals surface area contributed by atoms with E-state index in [9.17, 15) is 12.8 Å². The molecule has 3 N–H and O–H groups in total. The maximum absolute atomic E-state index is 13.2. The van der Waals surface area contributed by atoms with Crippen molar-refractivity contribution in [2.24, 2.45) is 0 Å². The lowest BCUT2D eigenvalue weighted by Gasteiger charge is -2.11. The highest BCUT2D eigenvalue weighted by atomic mass is 35.5. The number of nitrogen functional groups attached to an aromatic ring is 1. The normalized spacial score (nSPS) is 11.3. The van der Waals surface area contributed by atoms with Gasteiger partial charge in [0.25, 0.3) is 10.0 Å². The summed E-state index contributed by atoms with van der Waals surface area (Å²) in [6.07, 6.45) is 0. The molecule has 0 bridgehead atoms. The van der Waals surface area contributed by atoms with E-state index in [1.165, 1.54) is 42.5 Å². The Balaban J connectivity index is 2.00. The standard InChI is InChI=1S/C16H11Cl2FN4O2S/c17-11-6-7-14(22-16(11)10-5-4-9(19)8-12(10)18)23-26(24,25)15-3-1-2-13(20)21-15/h1-8H,(H2,20,21)(H,22,23). The van der Waals surface area contributed by atoms with Gasteiger partial charge in [-0.3, -0.25) is 4.72 Å². The molecule has 0 unspecified atom stereocenters. The van der Waals surface area contributed by atoms with Crippen LogP contribution in [-0.2, 0) is 10.0 Å². The van der Waals surface area contributed by atoms with Crippen LogP contribution >= 0.6 is 23.2 Å². The summed E-state index contributed by atoms with van der Waals surface area (Å²) >= 11 is 12.2. The third kappa shape index (κ3) is 3.87. The molecule has 0 fully saturated rings. The monoisotopic (exact) mass is 412 g/mol. The van der Waals surface area contributed by atoms with Crippen molar-refractivity contribution >= 4 is 44.9 Å². The van der Waals surface area contributed by atoms with Gasteiger partial charge in [-0.05, 0) is 42.5 Å². The summed E-state index contributed by atoms with van der Waals surface area (Å²) in [6, 6.07) is 10.8. The smallest absolute Gasteiger partial charge is 0.280 e. The summed E-state index contributed by atoms with van der Waals surface area (Å²) in [6.45, 7) is 0. The maximum Gasteiger partial charge on any atom is 0.280 e. The molecule has 2 aromatic heterocycles. The average Bonchev–Trinajstić information content (AvgIpc) is 2.57. The second-order valence-corrected chi connectivity index (χ2v) is 7.60. The molecule has 3 rings (SSSR count). The van der Waals surface area contributed by atoms with Crippen LogP contribution in [0.4, 0.5) is 16.0 Å². The molecule has 134 valence electrons. The van der Waals surface area contributed by atoms with Crippen molar-refractivity contribution in [3.63, 3.8) is 0 Å². The van der Waals surface area contributed by atoms with E-state index in [0.29, 0.717) is 5.56 Å². The molecular formula is C16H11Cl2FN4O2S. The predicted molar refractivity (Wildman–Crippen MR) is 99.1 cm³/mol. The Kier molecular flexibility index (Phi) is 4.99. The van der Waals surface area contributed by atoms with E-state index in [1.54, 1.807) is 0 Å². The minimum atomic E-state index is -4.00. The van der Waals surface area contributed by atoms with Crippen molar-refractivity contribution in [3.8, 4) is 11.3 Å². The fourth-order valence-corrected chi connectivity index (χ4v) is 3.58. The summed E-state index contributed by atoms with van der Waals surface area (Å²) in [7, 11) is -4.00. The number of halogens is 3. The zero-order chi connectivity index (χ0) is 18.9. The van der Waals surface area contributed by atoms with Crippen LogP contribution in [0.3, 0.4) is 0 Å². The largest absolute Gasteiger partial charge is 0.384 e. The van der Waals surface area contributed by atoms with E-state index in [4.69, 9.17) is 28.9 Å². The Morgan fingerprint density at radius 2 is 1.77 bits per heavy atom. The summed E-state index contributed by atoms with van der Waals surface area (Å²) in [5.74, 6) is -0.454. The topological polar surface area (TPSA) is 98.0 Å². The van der Waals surface area contributed by atoms with Gasteiger partial charge < -0.3 is 5.73 Å². The van der Waals surface area contributed by atoms with Crippen LogP contribution in [-0.4, -0.2) is 18.4 Å². The molecule has 3 aromatic rings. The van der Waals surface area contributed by atoms with E-state index in [2.05, 4.69) is 14.7 Å². The third-order valence-electron chi connectivity index (χ3n) is 3.29.